The molecule has 1 saturated carbocycles. The highest BCUT2D eigenvalue weighted by Gasteiger charge is 2.48. The third kappa shape index (κ3) is 1.85. The number of aliphatic hydroxyl groups is 1. The maximum absolute atomic E-state index is 10.6. The molecule has 1 fully saturated rings. The predicted octanol–water partition coefficient (Wildman–Crippen LogP) is 4.52. The van der Waals surface area contributed by atoms with E-state index in [-0.39, 0.29) is 11.8 Å². The predicted molar refractivity (Wildman–Crippen MR) is 79.1 cm³/mol. The van der Waals surface area contributed by atoms with E-state index in [0.717, 1.165) is 23.2 Å². The van der Waals surface area contributed by atoms with Crippen LogP contribution in [0.15, 0.2) is 35.7 Å². The fraction of sp³-hybridized carbons (Fsp3) is 0.529. The van der Waals surface area contributed by atoms with Gasteiger partial charge in [0.2, 0.25) is 0 Å². The number of para-hydroxylation sites is 1. The maximum Gasteiger partial charge on any atom is 0.115 e. The Morgan fingerprint density at radius 3 is 2.37 bits per heavy atom. The summed E-state index contributed by atoms with van der Waals surface area (Å²) in [5.74, 6) is 3.18. The molecule has 2 nitrogen and oxygen atoms in total. The van der Waals surface area contributed by atoms with Crippen molar-refractivity contribution in [2.24, 2.45) is 23.7 Å². The van der Waals surface area contributed by atoms with Crippen molar-refractivity contribution in [3.05, 3.63) is 41.3 Å². The highest BCUT2D eigenvalue weighted by atomic mass is 16.3. The molecule has 2 N–H and O–H groups in total. The van der Waals surface area contributed by atoms with Crippen molar-refractivity contribution in [2.75, 3.05) is 5.32 Å². The number of nitrogens with one attached hydrogen (secondary N) is 1. The van der Waals surface area contributed by atoms with Crippen molar-refractivity contribution < 1.29 is 5.11 Å². The van der Waals surface area contributed by atoms with Gasteiger partial charge in [-0.05, 0) is 29.4 Å². The summed E-state index contributed by atoms with van der Waals surface area (Å²) in [6, 6.07) is 8.32. The van der Waals surface area contributed by atoms with Gasteiger partial charge in [0.15, 0.2) is 0 Å². The molecule has 1 heterocycles. The molecule has 4 atom stereocenters. The molecular formula is C17H23NO. The quantitative estimate of drug-likeness (QED) is 0.763. The average Bonchev–Trinajstić information content (AvgIpc) is 2.86. The first-order valence-corrected chi connectivity index (χ1v) is 7.31. The van der Waals surface area contributed by atoms with Crippen molar-refractivity contribution in [3.8, 4) is 0 Å². The van der Waals surface area contributed by atoms with E-state index in [0.29, 0.717) is 11.7 Å². The number of allylic oxidation sites excluding steroid dienone is 2. The highest BCUT2D eigenvalue weighted by Crippen LogP contribution is 2.53. The van der Waals surface area contributed by atoms with Gasteiger partial charge >= 0.3 is 0 Å². The highest BCUT2D eigenvalue weighted by molar-refractivity contribution is 5.65. The van der Waals surface area contributed by atoms with Crippen LogP contribution >= 0.6 is 0 Å². The lowest BCUT2D eigenvalue weighted by molar-refractivity contribution is 0.305. The van der Waals surface area contributed by atoms with Gasteiger partial charge in [0, 0.05) is 17.5 Å². The summed E-state index contributed by atoms with van der Waals surface area (Å²) >= 11 is 0. The second-order valence-electron chi connectivity index (χ2n) is 6.32. The minimum absolute atomic E-state index is 0.254. The first-order chi connectivity index (χ1) is 9.02. The largest absolute Gasteiger partial charge is 0.510 e. The van der Waals surface area contributed by atoms with Gasteiger partial charge in [0.25, 0.3) is 0 Å². The zero-order chi connectivity index (χ0) is 13.7. The Balaban J connectivity index is 1.89. The van der Waals surface area contributed by atoms with Crippen molar-refractivity contribution in [1.82, 2.24) is 0 Å². The van der Waals surface area contributed by atoms with Crippen LogP contribution in [0.4, 0.5) is 5.69 Å². The van der Waals surface area contributed by atoms with Crippen LogP contribution in [0.1, 0.15) is 39.2 Å². The van der Waals surface area contributed by atoms with E-state index in [1.54, 1.807) is 0 Å². The molecule has 0 bridgehead atoms. The van der Waals surface area contributed by atoms with Crippen LogP contribution in [0.5, 0.6) is 0 Å². The molecule has 19 heavy (non-hydrogen) atoms. The molecule has 0 spiro atoms. The number of benzene rings is 1. The zero-order valence-electron chi connectivity index (χ0n) is 12.1. The summed E-state index contributed by atoms with van der Waals surface area (Å²) in [5, 5.41) is 14.0. The Bertz CT molecular complexity index is 526. The Morgan fingerprint density at radius 2 is 1.79 bits per heavy atom. The normalized spacial score (nSPS) is 36.4. The molecule has 0 radical (unpaired) electrons. The van der Waals surface area contributed by atoms with Crippen LogP contribution in [0, 0.1) is 23.7 Å². The van der Waals surface area contributed by atoms with E-state index >= 15 is 0 Å². The first kappa shape index (κ1) is 12.6. The van der Waals surface area contributed by atoms with Crippen LogP contribution in [0.3, 0.4) is 0 Å². The number of fused-ring (bicyclic) bond motifs is 1. The second kappa shape index (κ2) is 4.29. The van der Waals surface area contributed by atoms with E-state index in [1.807, 2.05) is 6.07 Å². The first-order valence-electron chi connectivity index (χ1n) is 7.31. The summed E-state index contributed by atoms with van der Waals surface area (Å²) in [4.78, 5) is 0. The topological polar surface area (TPSA) is 32.3 Å². The molecule has 1 aromatic rings. The van der Waals surface area contributed by atoms with Crippen LogP contribution in [0.2, 0.25) is 0 Å². The molecule has 3 rings (SSSR count). The van der Waals surface area contributed by atoms with E-state index < -0.39 is 0 Å². The molecule has 3 unspecified atom stereocenters. The Labute approximate surface area is 115 Å². The third-order valence-electron chi connectivity index (χ3n) is 5.32. The lowest BCUT2D eigenvalue weighted by Gasteiger charge is -2.16. The molecular weight excluding hydrogens is 234 g/mol. The Morgan fingerprint density at radius 1 is 1.16 bits per heavy atom. The molecule has 2 heteroatoms. The van der Waals surface area contributed by atoms with E-state index in [9.17, 15) is 5.11 Å². The third-order valence-corrected chi connectivity index (χ3v) is 5.32. The van der Waals surface area contributed by atoms with Crippen molar-refractivity contribution >= 4 is 5.69 Å². The summed E-state index contributed by atoms with van der Waals surface area (Å²) in [6.45, 7) is 8.88. The number of hydrogen-bond acceptors (Lipinski definition) is 2. The summed E-state index contributed by atoms with van der Waals surface area (Å²) < 4.78 is 0. The van der Waals surface area contributed by atoms with Gasteiger partial charge in [-0.1, -0.05) is 45.9 Å². The minimum Gasteiger partial charge on any atom is -0.510 e. The maximum atomic E-state index is 10.6. The lowest BCUT2D eigenvalue weighted by atomic mass is 9.94. The molecule has 2 aliphatic rings. The fourth-order valence-electron chi connectivity index (χ4n) is 3.72. The SMILES string of the molecule is CC1/C(=C(\O)[C@@H](C)C2C(C)C2C)Nc2ccccc21. The summed E-state index contributed by atoms with van der Waals surface area (Å²) in [6.07, 6.45) is 0. The molecule has 1 aromatic carbocycles. The van der Waals surface area contributed by atoms with E-state index in [4.69, 9.17) is 0 Å². The van der Waals surface area contributed by atoms with Gasteiger partial charge in [-0.3, -0.25) is 0 Å². The molecule has 102 valence electrons. The number of rotatable bonds is 2. The van der Waals surface area contributed by atoms with E-state index in [1.165, 1.54) is 5.56 Å². The van der Waals surface area contributed by atoms with Gasteiger partial charge in [0.1, 0.15) is 5.76 Å². The van der Waals surface area contributed by atoms with Gasteiger partial charge in [0.05, 0.1) is 5.70 Å². The number of aliphatic hydroxyl groups excluding tert-OH is 1. The molecule has 1 aliphatic carbocycles. The standard InChI is InChI=1S/C17H23NO/c1-9-10(2)15(9)12(4)17(19)16-11(3)13-7-5-6-8-14(13)18-16/h5-12,15,18-19H,1-4H3/b17-16+/t9?,10?,11?,12-,15?/m0/s1. The molecule has 1 aliphatic heterocycles. The Kier molecular flexibility index (Phi) is 2.84. The van der Waals surface area contributed by atoms with Crippen LogP contribution in [-0.2, 0) is 0 Å². The van der Waals surface area contributed by atoms with E-state index in [2.05, 4.69) is 51.2 Å². The van der Waals surface area contributed by atoms with Crippen LogP contribution in [0.25, 0.3) is 0 Å². The Hall–Kier alpha value is -1.44. The summed E-state index contributed by atoms with van der Waals surface area (Å²) in [7, 11) is 0. The second-order valence-corrected chi connectivity index (χ2v) is 6.32. The van der Waals surface area contributed by atoms with Gasteiger partial charge in [-0.2, -0.15) is 0 Å². The van der Waals surface area contributed by atoms with Crippen molar-refractivity contribution in [3.63, 3.8) is 0 Å². The fourth-order valence-corrected chi connectivity index (χ4v) is 3.72. The van der Waals surface area contributed by atoms with Crippen molar-refractivity contribution in [2.45, 2.75) is 33.6 Å². The number of hydrogen-bond donors (Lipinski definition) is 2. The van der Waals surface area contributed by atoms with Crippen molar-refractivity contribution in [1.29, 1.82) is 0 Å². The van der Waals surface area contributed by atoms with Crippen LogP contribution < -0.4 is 5.32 Å². The molecule has 0 aromatic heterocycles. The molecule has 0 amide bonds. The lowest BCUT2D eigenvalue weighted by Crippen LogP contribution is -2.11. The summed E-state index contributed by atoms with van der Waals surface area (Å²) in [5.41, 5.74) is 3.42. The zero-order valence-corrected chi connectivity index (χ0v) is 12.1. The molecule has 0 saturated heterocycles. The smallest absolute Gasteiger partial charge is 0.115 e. The van der Waals surface area contributed by atoms with Crippen LogP contribution in [-0.4, -0.2) is 5.11 Å². The van der Waals surface area contributed by atoms with Gasteiger partial charge < -0.3 is 10.4 Å². The van der Waals surface area contributed by atoms with Gasteiger partial charge in [-0.15, -0.1) is 0 Å². The number of anilines is 1. The average molecular weight is 257 g/mol. The monoisotopic (exact) mass is 257 g/mol. The van der Waals surface area contributed by atoms with Gasteiger partial charge in [-0.25, -0.2) is 0 Å². The minimum atomic E-state index is 0.254.